The normalized spacial score (nSPS) is 19.2. The molecule has 0 bridgehead atoms. The highest BCUT2D eigenvalue weighted by Gasteiger charge is 2.29. The third-order valence-electron chi connectivity index (χ3n) is 3.24. The number of carbonyl (C=O) groups excluding carboxylic acids is 1. The Morgan fingerprint density at radius 3 is 3.06 bits per heavy atom. The number of rotatable bonds is 4. The van der Waals surface area contributed by atoms with Crippen molar-refractivity contribution in [2.75, 3.05) is 26.7 Å². The molecule has 0 saturated carbocycles. The number of urea groups is 1. The van der Waals surface area contributed by atoms with E-state index < -0.39 is 0 Å². The molecule has 2 amide bonds. The second-order valence-corrected chi connectivity index (χ2v) is 5.47. The molecule has 1 saturated heterocycles. The number of nitrogens with one attached hydrogen (secondary N) is 2. The van der Waals surface area contributed by atoms with E-state index in [1.807, 2.05) is 18.0 Å². The Morgan fingerprint density at radius 2 is 2.33 bits per heavy atom. The summed E-state index contributed by atoms with van der Waals surface area (Å²) in [7, 11) is 1.89. The minimum atomic E-state index is 0.0228. The summed E-state index contributed by atoms with van der Waals surface area (Å²) in [5.41, 5.74) is 2.39. The predicted molar refractivity (Wildman–Crippen MR) is 75.7 cm³/mol. The third kappa shape index (κ3) is 2.84. The van der Waals surface area contributed by atoms with Gasteiger partial charge >= 0.3 is 6.03 Å². The van der Waals surface area contributed by atoms with Crippen LogP contribution < -0.4 is 10.6 Å². The smallest absolute Gasteiger partial charge is 0.318 e. The zero-order valence-corrected chi connectivity index (χ0v) is 12.3. The van der Waals surface area contributed by atoms with Gasteiger partial charge in [-0.15, -0.1) is 0 Å². The van der Waals surface area contributed by atoms with Crippen LogP contribution in [0.5, 0.6) is 0 Å². The van der Waals surface area contributed by atoms with Crippen LogP contribution in [0.25, 0.3) is 0 Å². The van der Waals surface area contributed by atoms with Crippen molar-refractivity contribution < 1.29 is 4.79 Å². The van der Waals surface area contributed by atoms with Crippen molar-refractivity contribution in [1.82, 2.24) is 15.5 Å². The van der Waals surface area contributed by atoms with Crippen molar-refractivity contribution in [3.63, 3.8) is 0 Å². The summed E-state index contributed by atoms with van der Waals surface area (Å²) in [6, 6.07) is 6.29. The lowest BCUT2D eigenvalue weighted by atomic mass is 10.0. The van der Waals surface area contributed by atoms with E-state index in [4.69, 9.17) is 0 Å². The molecule has 0 spiro atoms. The number of hydrogen-bond acceptors (Lipinski definition) is 2. The summed E-state index contributed by atoms with van der Waals surface area (Å²) in [5.74, 6) is 0. The van der Waals surface area contributed by atoms with Crippen molar-refractivity contribution in [1.29, 1.82) is 0 Å². The molecule has 1 aromatic carbocycles. The van der Waals surface area contributed by atoms with Gasteiger partial charge < -0.3 is 15.5 Å². The molecule has 0 aromatic heterocycles. The Kier molecular flexibility index (Phi) is 4.24. The van der Waals surface area contributed by atoms with Gasteiger partial charge in [-0.2, -0.15) is 0 Å². The van der Waals surface area contributed by atoms with Crippen LogP contribution in [0.3, 0.4) is 0 Å². The van der Waals surface area contributed by atoms with Crippen LogP contribution in [-0.2, 0) is 0 Å². The Balaban J connectivity index is 2.11. The molecule has 1 fully saturated rings. The Morgan fingerprint density at radius 1 is 1.56 bits per heavy atom. The fourth-order valence-electron chi connectivity index (χ4n) is 2.19. The summed E-state index contributed by atoms with van der Waals surface area (Å²) in [6.45, 7) is 4.37. The lowest BCUT2D eigenvalue weighted by Gasteiger charge is -2.15. The molecule has 2 N–H and O–H groups in total. The molecule has 1 aliphatic rings. The van der Waals surface area contributed by atoms with E-state index >= 15 is 0 Å². The van der Waals surface area contributed by atoms with Gasteiger partial charge in [-0.05, 0) is 37.2 Å². The summed E-state index contributed by atoms with van der Waals surface area (Å²) in [5, 5.41) is 6.10. The van der Waals surface area contributed by atoms with Crippen LogP contribution in [0, 0.1) is 6.92 Å². The monoisotopic (exact) mass is 311 g/mol. The van der Waals surface area contributed by atoms with Gasteiger partial charge in [0.1, 0.15) is 0 Å². The molecule has 98 valence electrons. The van der Waals surface area contributed by atoms with Gasteiger partial charge in [0.05, 0.1) is 6.04 Å². The average molecular weight is 312 g/mol. The zero-order valence-electron chi connectivity index (χ0n) is 10.7. The highest BCUT2D eigenvalue weighted by atomic mass is 79.9. The highest BCUT2D eigenvalue weighted by Crippen LogP contribution is 2.26. The number of nitrogens with zero attached hydrogens (tertiary/aromatic N) is 1. The quantitative estimate of drug-likeness (QED) is 0.894. The van der Waals surface area contributed by atoms with Crippen LogP contribution >= 0.6 is 15.9 Å². The molecular weight excluding hydrogens is 294 g/mol. The number of carbonyl (C=O) groups is 1. The molecular formula is C13H18BrN3O. The van der Waals surface area contributed by atoms with Crippen molar-refractivity contribution in [2.24, 2.45) is 0 Å². The van der Waals surface area contributed by atoms with E-state index in [2.05, 4.69) is 45.6 Å². The lowest BCUT2D eigenvalue weighted by Crippen LogP contribution is -2.33. The first-order valence-electron chi connectivity index (χ1n) is 6.08. The van der Waals surface area contributed by atoms with Gasteiger partial charge in [-0.1, -0.05) is 22.0 Å². The maximum atomic E-state index is 11.8. The zero-order chi connectivity index (χ0) is 13.1. The van der Waals surface area contributed by atoms with Gasteiger partial charge in [-0.3, -0.25) is 0 Å². The maximum Gasteiger partial charge on any atom is 0.318 e. The minimum absolute atomic E-state index is 0.0228. The minimum Gasteiger partial charge on any atom is -0.329 e. The largest absolute Gasteiger partial charge is 0.329 e. The number of aryl methyl sites for hydroxylation is 1. The average Bonchev–Trinajstić information content (AvgIpc) is 2.71. The Labute approximate surface area is 116 Å². The molecule has 4 nitrogen and oxygen atoms in total. The summed E-state index contributed by atoms with van der Waals surface area (Å²) in [6.07, 6.45) is 0. The molecule has 0 radical (unpaired) electrons. The molecule has 2 rings (SSSR count). The number of likely N-dealkylation sites (N-methyl/N-ethyl adjacent to an activating group) is 1. The molecule has 1 aromatic rings. The van der Waals surface area contributed by atoms with Gasteiger partial charge in [0.25, 0.3) is 0 Å². The van der Waals surface area contributed by atoms with E-state index in [0.717, 1.165) is 24.1 Å². The van der Waals surface area contributed by atoms with E-state index in [-0.39, 0.29) is 12.1 Å². The first-order valence-corrected chi connectivity index (χ1v) is 6.87. The topological polar surface area (TPSA) is 44.4 Å². The Bertz CT molecular complexity index is 450. The van der Waals surface area contributed by atoms with Crippen LogP contribution in [-0.4, -0.2) is 37.6 Å². The molecule has 18 heavy (non-hydrogen) atoms. The van der Waals surface area contributed by atoms with Crippen LogP contribution in [0.1, 0.15) is 17.2 Å². The van der Waals surface area contributed by atoms with Gasteiger partial charge in [0.2, 0.25) is 0 Å². The second-order valence-electron chi connectivity index (χ2n) is 4.55. The predicted octanol–water partition coefficient (Wildman–Crippen LogP) is 2.04. The van der Waals surface area contributed by atoms with E-state index in [0.29, 0.717) is 0 Å². The summed E-state index contributed by atoms with van der Waals surface area (Å²) < 4.78 is 1.05. The first-order chi connectivity index (χ1) is 8.61. The van der Waals surface area contributed by atoms with Crippen molar-refractivity contribution in [3.8, 4) is 0 Å². The standard InChI is InChI=1S/C13H18BrN3O/c1-9-3-4-10(14)7-11(9)12-8-17(6-5-15-2)13(18)16-12/h3-4,7,12,15H,5-6,8H2,1-2H3,(H,16,18). The van der Waals surface area contributed by atoms with E-state index in [9.17, 15) is 4.79 Å². The third-order valence-corrected chi connectivity index (χ3v) is 3.73. The van der Waals surface area contributed by atoms with Gasteiger partial charge in [-0.25, -0.2) is 4.79 Å². The molecule has 1 unspecified atom stereocenters. The Hall–Kier alpha value is -1.07. The van der Waals surface area contributed by atoms with Crippen LogP contribution in [0.4, 0.5) is 4.79 Å². The number of halogens is 1. The maximum absolute atomic E-state index is 11.8. The SMILES string of the molecule is CNCCN1CC(c2cc(Br)ccc2C)NC1=O. The van der Waals surface area contributed by atoms with Crippen LogP contribution in [0.15, 0.2) is 22.7 Å². The van der Waals surface area contributed by atoms with Crippen molar-refractivity contribution >= 4 is 22.0 Å². The fraction of sp³-hybridized carbons (Fsp3) is 0.462. The second kappa shape index (κ2) is 5.71. The number of hydrogen-bond donors (Lipinski definition) is 2. The number of amides is 2. The van der Waals surface area contributed by atoms with Crippen molar-refractivity contribution in [2.45, 2.75) is 13.0 Å². The summed E-state index contributed by atoms with van der Waals surface area (Å²) in [4.78, 5) is 13.7. The molecule has 1 heterocycles. The fourth-order valence-corrected chi connectivity index (χ4v) is 2.57. The molecule has 1 aliphatic heterocycles. The molecule has 0 aliphatic carbocycles. The summed E-state index contributed by atoms with van der Waals surface area (Å²) >= 11 is 3.48. The van der Waals surface area contributed by atoms with E-state index in [1.165, 1.54) is 11.1 Å². The first kappa shape index (κ1) is 13.4. The lowest BCUT2D eigenvalue weighted by molar-refractivity contribution is 0.218. The molecule has 5 heteroatoms. The van der Waals surface area contributed by atoms with Gasteiger partial charge in [0.15, 0.2) is 0 Å². The number of benzene rings is 1. The van der Waals surface area contributed by atoms with E-state index in [1.54, 1.807) is 0 Å². The highest BCUT2D eigenvalue weighted by molar-refractivity contribution is 9.10. The molecule has 1 atom stereocenters. The van der Waals surface area contributed by atoms with Gasteiger partial charge in [0, 0.05) is 24.1 Å². The van der Waals surface area contributed by atoms with Crippen molar-refractivity contribution in [3.05, 3.63) is 33.8 Å². The van der Waals surface area contributed by atoms with Crippen LogP contribution in [0.2, 0.25) is 0 Å².